The molecule has 1 heteroatoms. The first-order valence-corrected chi connectivity index (χ1v) is 5.69. The molecule has 0 fully saturated rings. The number of benzene rings is 1. The summed E-state index contributed by atoms with van der Waals surface area (Å²) in [5.41, 5.74) is 2.77. The average molecular weight is 202 g/mol. The van der Waals surface area contributed by atoms with Gasteiger partial charge in [0.25, 0.3) is 0 Å². The first kappa shape index (κ1) is 10.4. The lowest BCUT2D eigenvalue weighted by Gasteiger charge is -2.22. The van der Waals surface area contributed by atoms with Crippen molar-refractivity contribution >= 4 is 5.78 Å². The maximum atomic E-state index is 11.6. The normalized spacial score (nSPS) is 24.3. The second kappa shape index (κ2) is 3.80. The zero-order chi connectivity index (χ0) is 11.0. The lowest BCUT2D eigenvalue weighted by molar-refractivity contribution is -0.121. The monoisotopic (exact) mass is 202 g/mol. The van der Waals surface area contributed by atoms with E-state index < -0.39 is 0 Å². The number of carbonyl (C=O) groups excluding carboxylic acids is 1. The van der Waals surface area contributed by atoms with Gasteiger partial charge in [0.1, 0.15) is 5.78 Å². The molecule has 0 aromatic heterocycles. The molecule has 0 heterocycles. The van der Waals surface area contributed by atoms with E-state index in [1.54, 1.807) is 6.92 Å². The van der Waals surface area contributed by atoms with Crippen LogP contribution in [0.2, 0.25) is 0 Å². The summed E-state index contributed by atoms with van der Waals surface area (Å²) >= 11 is 0. The molecule has 0 amide bonds. The zero-order valence-corrected chi connectivity index (χ0v) is 9.66. The molecule has 80 valence electrons. The number of Topliss-reactive ketones (excluding diaryl/α,β-unsaturated/α-hetero) is 1. The largest absolute Gasteiger partial charge is 0.300 e. The van der Waals surface area contributed by atoms with E-state index in [4.69, 9.17) is 0 Å². The summed E-state index contributed by atoms with van der Waals surface area (Å²) in [6.45, 7) is 6.15. The highest BCUT2D eigenvalue weighted by atomic mass is 16.1. The minimum absolute atomic E-state index is 0.211. The van der Waals surface area contributed by atoms with Gasteiger partial charge in [-0.3, -0.25) is 4.79 Å². The Morgan fingerprint density at radius 1 is 1.33 bits per heavy atom. The van der Waals surface area contributed by atoms with Crippen molar-refractivity contribution in [3.8, 4) is 0 Å². The van der Waals surface area contributed by atoms with E-state index in [2.05, 4.69) is 38.1 Å². The molecule has 0 saturated heterocycles. The van der Waals surface area contributed by atoms with Gasteiger partial charge in [-0.15, -0.1) is 0 Å². The number of hydrogen-bond acceptors (Lipinski definition) is 1. The predicted octanol–water partition coefficient (Wildman–Crippen LogP) is 3.19. The fourth-order valence-electron chi connectivity index (χ4n) is 2.85. The van der Waals surface area contributed by atoms with Crippen molar-refractivity contribution in [2.24, 2.45) is 11.8 Å². The van der Waals surface area contributed by atoms with Crippen molar-refractivity contribution in [1.29, 1.82) is 0 Å². The summed E-state index contributed by atoms with van der Waals surface area (Å²) in [5, 5.41) is 0. The number of rotatable bonds is 2. The van der Waals surface area contributed by atoms with Crippen molar-refractivity contribution in [1.82, 2.24) is 0 Å². The van der Waals surface area contributed by atoms with Crippen LogP contribution in [0, 0.1) is 11.8 Å². The molecule has 1 aromatic carbocycles. The fourth-order valence-corrected chi connectivity index (χ4v) is 2.85. The predicted molar refractivity (Wildman–Crippen MR) is 61.9 cm³/mol. The van der Waals surface area contributed by atoms with Crippen LogP contribution in [0.25, 0.3) is 0 Å². The first-order valence-electron chi connectivity index (χ1n) is 5.69. The van der Waals surface area contributed by atoms with E-state index in [9.17, 15) is 4.79 Å². The number of carbonyl (C=O) groups is 1. The number of fused-ring (bicyclic) bond motifs is 1. The second-order valence-corrected chi connectivity index (χ2v) is 4.89. The van der Waals surface area contributed by atoms with Crippen LogP contribution >= 0.6 is 0 Å². The van der Waals surface area contributed by atoms with E-state index in [1.807, 2.05) is 0 Å². The van der Waals surface area contributed by atoms with Gasteiger partial charge in [-0.1, -0.05) is 38.1 Å². The third kappa shape index (κ3) is 1.71. The van der Waals surface area contributed by atoms with E-state index >= 15 is 0 Å². The Balaban J connectivity index is 2.42. The van der Waals surface area contributed by atoms with Gasteiger partial charge >= 0.3 is 0 Å². The van der Waals surface area contributed by atoms with Crippen molar-refractivity contribution in [3.63, 3.8) is 0 Å². The Morgan fingerprint density at radius 3 is 2.60 bits per heavy atom. The molecule has 1 aliphatic carbocycles. The molecule has 15 heavy (non-hydrogen) atoms. The molecule has 0 radical (unpaired) electrons. The Bertz CT molecular complexity index is 379. The molecule has 2 atom stereocenters. The molecule has 0 bridgehead atoms. The SMILES string of the molecule is CC(=O)C1Cc2ccccc2C1C(C)C. The number of ketones is 1. The van der Waals surface area contributed by atoms with E-state index in [1.165, 1.54) is 11.1 Å². The van der Waals surface area contributed by atoms with Crippen molar-refractivity contribution in [2.75, 3.05) is 0 Å². The van der Waals surface area contributed by atoms with Crippen LogP contribution in [0.5, 0.6) is 0 Å². The van der Waals surface area contributed by atoms with Gasteiger partial charge in [-0.2, -0.15) is 0 Å². The standard InChI is InChI=1S/C14H18O/c1-9(2)14-12-7-5-4-6-11(12)8-13(14)10(3)15/h4-7,9,13-14H,8H2,1-3H3. The summed E-state index contributed by atoms with van der Waals surface area (Å²) < 4.78 is 0. The van der Waals surface area contributed by atoms with Crippen LogP contribution in [-0.2, 0) is 11.2 Å². The van der Waals surface area contributed by atoms with E-state index in [0.717, 1.165) is 6.42 Å². The molecule has 0 N–H and O–H groups in total. The lowest BCUT2D eigenvalue weighted by atomic mass is 9.81. The van der Waals surface area contributed by atoms with Gasteiger partial charge in [-0.25, -0.2) is 0 Å². The third-order valence-corrected chi connectivity index (χ3v) is 3.53. The first-order chi connectivity index (χ1) is 7.11. The van der Waals surface area contributed by atoms with Crippen LogP contribution in [-0.4, -0.2) is 5.78 Å². The highest BCUT2D eigenvalue weighted by molar-refractivity contribution is 5.81. The summed E-state index contributed by atoms with van der Waals surface area (Å²) in [6, 6.07) is 8.49. The highest BCUT2D eigenvalue weighted by Gasteiger charge is 2.36. The van der Waals surface area contributed by atoms with Crippen LogP contribution in [0.15, 0.2) is 24.3 Å². The van der Waals surface area contributed by atoms with Crippen molar-refractivity contribution in [3.05, 3.63) is 35.4 Å². The summed E-state index contributed by atoms with van der Waals surface area (Å²) in [5.74, 6) is 1.52. The molecule has 2 rings (SSSR count). The molecule has 0 saturated carbocycles. The average Bonchev–Trinajstić information content (AvgIpc) is 2.56. The van der Waals surface area contributed by atoms with Gasteiger partial charge in [0.15, 0.2) is 0 Å². The quantitative estimate of drug-likeness (QED) is 0.719. The Morgan fingerprint density at radius 2 is 2.00 bits per heavy atom. The summed E-state index contributed by atoms with van der Waals surface area (Å²) in [6.07, 6.45) is 0.939. The maximum absolute atomic E-state index is 11.6. The Kier molecular flexibility index (Phi) is 2.64. The smallest absolute Gasteiger partial charge is 0.133 e. The molecule has 2 unspecified atom stereocenters. The lowest BCUT2D eigenvalue weighted by Crippen LogP contribution is -2.20. The molecule has 0 aliphatic heterocycles. The molecule has 1 aliphatic rings. The van der Waals surface area contributed by atoms with Crippen molar-refractivity contribution in [2.45, 2.75) is 33.1 Å². The van der Waals surface area contributed by atoms with Gasteiger partial charge < -0.3 is 0 Å². The van der Waals surface area contributed by atoms with E-state index in [-0.39, 0.29) is 5.92 Å². The minimum Gasteiger partial charge on any atom is -0.300 e. The highest BCUT2D eigenvalue weighted by Crippen LogP contribution is 2.42. The minimum atomic E-state index is 0.211. The van der Waals surface area contributed by atoms with E-state index in [0.29, 0.717) is 17.6 Å². The molecule has 0 spiro atoms. The molecular formula is C14H18O. The number of hydrogen-bond donors (Lipinski definition) is 0. The van der Waals surface area contributed by atoms with Gasteiger partial charge in [0, 0.05) is 5.92 Å². The van der Waals surface area contributed by atoms with Gasteiger partial charge in [0.2, 0.25) is 0 Å². The van der Waals surface area contributed by atoms with Gasteiger partial charge in [-0.05, 0) is 36.3 Å². The topological polar surface area (TPSA) is 17.1 Å². The molecule has 1 nitrogen and oxygen atoms in total. The maximum Gasteiger partial charge on any atom is 0.133 e. The van der Waals surface area contributed by atoms with Crippen LogP contribution in [0.1, 0.15) is 37.8 Å². The second-order valence-electron chi connectivity index (χ2n) is 4.89. The third-order valence-electron chi connectivity index (χ3n) is 3.53. The van der Waals surface area contributed by atoms with Crippen LogP contribution in [0.3, 0.4) is 0 Å². The van der Waals surface area contributed by atoms with Crippen LogP contribution < -0.4 is 0 Å². The fraction of sp³-hybridized carbons (Fsp3) is 0.500. The summed E-state index contributed by atoms with van der Waals surface area (Å²) in [7, 11) is 0. The summed E-state index contributed by atoms with van der Waals surface area (Å²) in [4.78, 5) is 11.6. The Hall–Kier alpha value is -1.11. The van der Waals surface area contributed by atoms with Crippen LogP contribution in [0.4, 0.5) is 0 Å². The zero-order valence-electron chi connectivity index (χ0n) is 9.66. The van der Waals surface area contributed by atoms with Crippen molar-refractivity contribution < 1.29 is 4.79 Å². The molecule has 1 aromatic rings. The molecular weight excluding hydrogens is 184 g/mol. The van der Waals surface area contributed by atoms with Gasteiger partial charge in [0.05, 0.1) is 0 Å². The Labute approximate surface area is 91.5 Å².